The number of fused-ring (bicyclic) bond motifs is 1. The molecule has 1 heterocycles. The van der Waals surface area contributed by atoms with Gasteiger partial charge in [0.1, 0.15) is 5.60 Å². The zero-order valence-electron chi connectivity index (χ0n) is 11.6. The Balaban J connectivity index is 2.08. The Morgan fingerprint density at radius 2 is 1.80 bits per heavy atom. The minimum absolute atomic E-state index is 0.0695. The summed E-state index contributed by atoms with van der Waals surface area (Å²) >= 11 is 0. The van der Waals surface area contributed by atoms with Crippen molar-refractivity contribution in [2.75, 3.05) is 20.3 Å². The van der Waals surface area contributed by atoms with Gasteiger partial charge >= 0.3 is 0 Å². The molecule has 3 nitrogen and oxygen atoms in total. The van der Waals surface area contributed by atoms with Crippen LogP contribution in [0.15, 0.2) is 42.5 Å². The van der Waals surface area contributed by atoms with Crippen molar-refractivity contribution < 1.29 is 14.3 Å². The first-order valence-electron chi connectivity index (χ1n) is 6.92. The van der Waals surface area contributed by atoms with E-state index in [2.05, 4.69) is 0 Å². The smallest absolute Gasteiger partial charge is 0.195 e. The fourth-order valence-electron chi connectivity index (χ4n) is 2.89. The SMILES string of the molecule is COC1(C(=O)c2cccc3ccccc23)CCOCC1. The average molecular weight is 270 g/mol. The van der Waals surface area contributed by atoms with Crippen LogP contribution in [0.3, 0.4) is 0 Å². The van der Waals surface area contributed by atoms with Gasteiger partial charge in [-0.3, -0.25) is 4.79 Å². The second-order valence-electron chi connectivity index (χ2n) is 5.17. The van der Waals surface area contributed by atoms with Gasteiger partial charge in [-0.05, 0) is 10.8 Å². The molecule has 104 valence electrons. The summed E-state index contributed by atoms with van der Waals surface area (Å²) in [6.07, 6.45) is 1.23. The van der Waals surface area contributed by atoms with Crippen LogP contribution in [0, 0.1) is 0 Å². The van der Waals surface area contributed by atoms with Gasteiger partial charge in [0.2, 0.25) is 0 Å². The molecular weight excluding hydrogens is 252 g/mol. The van der Waals surface area contributed by atoms with E-state index in [-0.39, 0.29) is 5.78 Å². The summed E-state index contributed by atoms with van der Waals surface area (Å²) in [7, 11) is 1.62. The molecule has 0 spiro atoms. The first-order valence-corrected chi connectivity index (χ1v) is 6.92. The molecule has 0 saturated carbocycles. The zero-order valence-corrected chi connectivity index (χ0v) is 11.6. The van der Waals surface area contributed by atoms with Gasteiger partial charge in [0, 0.05) is 38.7 Å². The van der Waals surface area contributed by atoms with E-state index in [1.54, 1.807) is 7.11 Å². The number of benzene rings is 2. The quantitative estimate of drug-likeness (QED) is 0.803. The van der Waals surface area contributed by atoms with Crippen molar-refractivity contribution in [3.05, 3.63) is 48.0 Å². The van der Waals surface area contributed by atoms with E-state index < -0.39 is 5.60 Å². The van der Waals surface area contributed by atoms with Crippen LogP contribution in [-0.4, -0.2) is 31.7 Å². The number of carbonyl (C=O) groups excluding carboxylic acids is 1. The number of ketones is 1. The number of rotatable bonds is 3. The second kappa shape index (κ2) is 5.35. The molecule has 0 radical (unpaired) electrons. The lowest BCUT2D eigenvalue weighted by molar-refractivity contribution is -0.0662. The summed E-state index contributed by atoms with van der Waals surface area (Å²) in [4.78, 5) is 13.0. The van der Waals surface area contributed by atoms with Gasteiger partial charge in [0.25, 0.3) is 0 Å². The summed E-state index contributed by atoms with van der Waals surface area (Å²) in [5.74, 6) is 0.0695. The third kappa shape index (κ3) is 2.13. The van der Waals surface area contributed by atoms with Crippen molar-refractivity contribution in [1.29, 1.82) is 0 Å². The average Bonchev–Trinajstić information content (AvgIpc) is 2.54. The molecule has 1 fully saturated rings. The maximum atomic E-state index is 13.0. The molecule has 0 atom stereocenters. The minimum atomic E-state index is -0.734. The van der Waals surface area contributed by atoms with E-state index >= 15 is 0 Å². The van der Waals surface area contributed by atoms with Gasteiger partial charge in [0.05, 0.1) is 0 Å². The molecule has 3 rings (SSSR count). The Morgan fingerprint density at radius 3 is 2.55 bits per heavy atom. The van der Waals surface area contributed by atoms with Gasteiger partial charge in [-0.15, -0.1) is 0 Å². The summed E-state index contributed by atoms with van der Waals surface area (Å²) in [5, 5.41) is 2.07. The highest BCUT2D eigenvalue weighted by Crippen LogP contribution is 2.31. The molecule has 3 heteroatoms. The van der Waals surface area contributed by atoms with Crippen LogP contribution >= 0.6 is 0 Å². The van der Waals surface area contributed by atoms with Crippen LogP contribution in [0.4, 0.5) is 0 Å². The van der Waals surface area contributed by atoms with E-state index in [1.165, 1.54) is 0 Å². The Hall–Kier alpha value is -1.71. The van der Waals surface area contributed by atoms with E-state index in [9.17, 15) is 4.79 Å². The Labute approximate surface area is 118 Å². The van der Waals surface area contributed by atoms with Crippen molar-refractivity contribution in [3.8, 4) is 0 Å². The Morgan fingerprint density at radius 1 is 1.10 bits per heavy atom. The van der Waals surface area contributed by atoms with Gasteiger partial charge in [0.15, 0.2) is 5.78 Å². The van der Waals surface area contributed by atoms with Crippen LogP contribution in [0.1, 0.15) is 23.2 Å². The number of ether oxygens (including phenoxy) is 2. The summed E-state index contributed by atoms with van der Waals surface area (Å²) < 4.78 is 11.0. The number of Topliss-reactive ketones (excluding diaryl/α,β-unsaturated/α-hetero) is 1. The van der Waals surface area contributed by atoms with Crippen molar-refractivity contribution in [2.24, 2.45) is 0 Å². The minimum Gasteiger partial charge on any atom is -0.381 e. The number of carbonyl (C=O) groups is 1. The summed E-state index contributed by atoms with van der Waals surface area (Å²) in [6, 6.07) is 13.8. The predicted octanol–water partition coefficient (Wildman–Crippen LogP) is 3.22. The van der Waals surface area contributed by atoms with E-state index in [0.717, 1.165) is 16.3 Å². The number of methoxy groups -OCH3 is 1. The van der Waals surface area contributed by atoms with Crippen molar-refractivity contribution in [2.45, 2.75) is 18.4 Å². The second-order valence-corrected chi connectivity index (χ2v) is 5.17. The predicted molar refractivity (Wildman–Crippen MR) is 78.1 cm³/mol. The van der Waals surface area contributed by atoms with Crippen LogP contribution in [0.2, 0.25) is 0 Å². The molecule has 2 aromatic rings. The molecule has 0 aromatic heterocycles. The lowest BCUT2D eigenvalue weighted by Crippen LogP contribution is -2.45. The lowest BCUT2D eigenvalue weighted by atomic mass is 9.84. The van der Waals surface area contributed by atoms with Gasteiger partial charge in [-0.1, -0.05) is 42.5 Å². The standard InChI is InChI=1S/C17H18O3/c1-19-17(9-11-20-12-10-17)16(18)15-8-4-6-13-5-2-3-7-14(13)15/h2-8H,9-12H2,1H3. The normalized spacial score (nSPS) is 18.1. The Kier molecular flexibility index (Phi) is 3.55. The van der Waals surface area contributed by atoms with Crippen LogP contribution < -0.4 is 0 Å². The Bertz CT molecular complexity index is 622. The molecule has 0 aliphatic carbocycles. The third-order valence-electron chi connectivity index (χ3n) is 4.14. The fraction of sp³-hybridized carbons (Fsp3) is 0.353. The van der Waals surface area contributed by atoms with Gasteiger partial charge in [-0.25, -0.2) is 0 Å². The molecular formula is C17H18O3. The molecule has 0 unspecified atom stereocenters. The molecule has 2 aromatic carbocycles. The number of hydrogen-bond acceptors (Lipinski definition) is 3. The van der Waals surface area contributed by atoms with Crippen molar-refractivity contribution in [1.82, 2.24) is 0 Å². The van der Waals surface area contributed by atoms with Crippen LogP contribution in [0.5, 0.6) is 0 Å². The first-order chi connectivity index (χ1) is 9.77. The molecule has 20 heavy (non-hydrogen) atoms. The molecule has 0 amide bonds. The highest BCUT2D eigenvalue weighted by atomic mass is 16.5. The summed E-state index contributed by atoms with van der Waals surface area (Å²) in [6.45, 7) is 1.15. The van der Waals surface area contributed by atoms with E-state index in [1.807, 2.05) is 42.5 Å². The van der Waals surface area contributed by atoms with Gasteiger partial charge in [-0.2, -0.15) is 0 Å². The highest BCUT2D eigenvalue weighted by molar-refractivity contribution is 6.12. The van der Waals surface area contributed by atoms with Crippen molar-refractivity contribution in [3.63, 3.8) is 0 Å². The van der Waals surface area contributed by atoms with Crippen LogP contribution in [0.25, 0.3) is 10.8 Å². The van der Waals surface area contributed by atoms with Gasteiger partial charge < -0.3 is 9.47 Å². The molecule has 1 saturated heterocycles. The number of hydrogen-bond donors (Lipinski definition) is 0. The van der Waals surface area contributed by atoms with E-state index in [0.29, 0.717) is 26.1 Å². The fourth-order valence-corrected chi connectivity index (χ4v) is 2.89. The summed E-state index contributed by atoms with van der Waals surface area (Å²) in [5.41, 5.74) is 0.00870. The highest BCUT2D eigenvalue weighted by Gasteiger charge is 2.41. The molecule has 1 aliphatic rings. The van der Waals surface area contributed by atoms with Crippen molar-refractivity contribution >= 4 is 16.6 Å². The zero-order chi connectivity index (χ0) is 14.0. The largest absolute Gasteiger partial charge is 0.381 e. The molecule has 0 bridgehead atoms. The lowest BCUT2D eigenvalue weighted by Gasteiger charge is -2.34. The monoisotopic (exact) mass is 270 g/mol. The third-order valence-corrected chi connectivity index (χ3v) is 4.14. The van der Waals surface area contributed by atoms with Crippen LogP contribution in [-0.2, 0) is 9.47 Å². The molecule has 1 aliphatic heterocycles. The maximum absolute atomic E-state index is 13.0. The molecule has 0 N–H and O–H groups in total. The maximum Gasteiger partial charge on any atom is 0.195 e. The topological polar surface area (TPSA) is 35.5 Å². The van der Waals surface area contributed by atoms with E-state index in [4.69, 9.17) is 9.47 Å². The first kappa shape index (κ1) is 13.3.